The molecule has 26 heavy (non-hydrogen) atoms. The lowest BCUT2D eigenvalue weighted by Gasteiger charge is -2.21. The lowest BCUT2D eigenvalue weighted by atomic mass is 9.89. The number of benzene rings is 1. The van der Waals surface area contributed by atoms with Crippen molar-refractivity contribution in [1.82, 2.24) is 10.3 Å². The Morgan fingerprint density at radius 3 is 2.73 bits per heavy atom. The summed E-state index contributed by atoms with van der Waals surface area (Å²) >= 11 is 7.30. The molecule has 1 aromatic carbocycles. The molecule has 1 heterocycles. The Balaban J connectivity index is 1.47. The first-order chi connectivity index (χ1) is 12.6. The van der Waals surface area contributed by atoms with Gasteiger partial charge in [0.15, 0.2) is 5.13 Å². The zero-order valence-corrected chi connectivity index (χ0v) is 16.3. The molecule has 0 radical (unpaired) electrons. The Morgan fingerprint density at radius 1 is 1.27 bits per heavy atom. The molecule has 0 spiro atoms. The van der Waals surface area contributed by atoms with E-state index in [1.165, 1.54) is 43.4 Å². The van der Waals surface area contributed by atoms with Crippen molar-refractivity contribution in [2.75, 3.05) is 11.9 Å². The maximum atomic E-state index is 12.1. The van der Waals surface area contributed by atoms with E-state index in [4.69, 9.17) is 17.3 Å². The molecule has 1 atom stereocenters. The number of nitrogens with two attached hydrogens (primary N) is 1. The van der Waals surface area contributed by atoms with Crippen LogP contribution in [-0.2, 0) is 6.42 Å². The largest absolute Gasteiger partial charge is 0.338 e. The number of rotatable bonds is 6. The molecule has 4 N–H and O–H groups in total. The Labute approximate surface area is 163 Å². The summed E-state index contributed by atoms with van der Waals surface area (Å²) in [6, 6.07) is 7.23. The molecular weight excluding hydrogens is 368 g/mol. The summed E-state index contributed by atoms with van der Waals surface area (Å²) < 4.78 is 0. The molecule has 1 aromatic heterocycles. The summed E-state index contributed by atoms with van der Waals surface area (Å²) in [5.41, 5.74) is 8.14. The second-order valence-electron chi connectivity index (χ2n) is 6.85. The quantitative estimate of drug-likeness (QED) is 0.664. The molecule has 0 aliphatic heterocycles. The second-order valence-corrected chi connectivity index (χ2v) is 8.15. The van der Waals surface area contributed by atoms with E-state index >= 15 is 0 Å². The molecule has 1 unspecified atom stereocenters. The van der Waals surface area contributed by atoms with Crippen molar-refractivity contribution in [3.05, 3.63) is 45.9 Å². The van der Waals surface area contributed by atoms with Gasteiger partial charge in [-0.05, 0) is 42.9 Å². The Kier molecular flexibility index (Phi) is 6.88. The lowest BCUT2D eigenvalue weighted by molar-refractivity contribution is 0.247. The van der Waals surface area contributed by atoms with Crippen molar-refractivity contribution in [2.24, 2.45) is 11.7 Å². The van der Waals surface area contributed by atoms with Crippen molar-refractivity contribution < 1.29 is 4.79 Å². The smallest absolute Gasteiger partial charge is 0.321 e. The molecule has 7 heteroatoms. The number of nitrogens with one attached hydrogen (secondary N) is 2. The fourth-order valence-corrected chi connectivity index (χ4v) is 4.16. The molecule has 0 saturated heterocycles. The number of carbonyl (C=O) groups excluding carboxylic acids is 1. The molecule has 1 aliphatic carbocycles. The molecule has 2 amide bonds. The van der Waals surface area contributed by atoms with Gasteiger partial charge in [-0.3, -0.25) is 5.32 Å². The van der Waals surface area contributed by atoms with Crippen LogP contribution in [0.1, 0.15) is 49.4 Å². The maximum Gasteiger partial charge on any atom is 0.321 e. The van der Waals surface area contributed by atoms with Gasteiger partial charge in [-0.2, -0.15) is 0 Å². The number of anilines is 1. The number of hydrogen-bond donors (Lipinski definition) is 3. The van der Waals surface area contributed by atoms with Gasteiger partial charge in [0.25, 0.3) is 0 Å². The van der Waals surface area contributed by atoms with Crippen LogP contribution in [0.2, 0.25) is 5.02 Å². The number of aromatic nitrogens is 1. The van der Waals surface area contributed by atoms with Crippen LogP contribution >= 0.6 is 22.9 Å². The number of urea groups is 1. The molecule has 1 aliphatic rings. The van der Waals surface area contributed by atoms with Crippen LogP contribution in [0, 0.1) is 5.92 Å². The van der Waals surface area contributed by atoms with Gasteiger partial charge >= 0.3 is 6.03 Å². The normalized spacial score (nSPS) is 16.2. The summed E-state index contributed by atoms with van der Waals surface area (Å²) in [6.45, 7) is 0.736. The maximum absolute atomic E-state index is 12.1. The van der Waals surface area contributed by atoms with Crippen molar-refractivity contribution >= 4 is 34.1 Å². The zero-order chi connectivity index (χ0) is 18.4. The molecule has 0 bridgehead atoms. The van der Waals surface area contributed by atoms with Crippen LogP contribution in [0.15, 0.2) is 29.6 Å². The third-order valence-corrected chi connectivity index (χ3v) is 5.80. The number of hydrogen-bond acceptors (Lipinski definition) is 4. The van der Waals surface area contributed by atoms with Gasteiger partial charge in [0, 0.05) is 16.9 Å². The third-order valence-electron chi connectivity index (χ3n) is 4.77. The van der Waals surface area contributed by atoms with Gasteiger partial charge in [-0.25, -0.2) is 9.78 Å². The monoisotopic (exact) mass is 392 g/mol. The highest BCUT2D eigenvalue weighted by Crippen LogP contribution is 2.24. The molecule has 1 fully saturated rings. The minimum Gasteiger partial charge on any atom is -0.338 e. The van der Waals surface area contributed by atoms with Crippen LogP contribution in [0.5, 0.6) is 0 Å². The molecule has 5 nitrogen and oxygen atoms in total. The SMILES string of the molecule is NC(Cc1ccc(Cl)cc1)c1csc(NC(=O)NCC2CCCCC2)n1. The number of nitrogens with zero attached hydrogens (tertiary/aromatic N) is 1. The molecule has 2 aromatic rings. The van der Waals surface area contributed by atoms with Gasteiger partial charge in [-0.1, -0.05) is 43.0 Å². The van der Waals surface area contributed by atoms with Crippen LogP contribution in [0.4, 0.5) is 9.93 Å². The minimum atomic E-state index is -0.215. The first-order valence-corrected chi connectivity index (χ1v) is 10.4. The van der Waals surface area contributed by atoms with Gasteiger partial charge in [0.2, 0.25) is 0 Å². The fourth-order valence-electron chi connectivity index (χ4n) is 3.26. The van der Waals surface area contributed by atoms with Crippen molar-refractivity contribution in [3.63, 3.8) is 0 Å². The number of thiazole rings is 1. The highest BCUT2D eigenvalue weighted by molar-refractivity contribution is 7.13. The average Bonchev–Trinajstić information content (AvgIpc) is 3.11. The summed E-state index contributed by atoms with van der Waals surface area (Å²) in [6.07, 6.45) is 6.96. The van der Waals surface area contributed by atoms with Gasteiger partial charge in [0.1, 0.15) is 0 Å². The van der Waals surface area contributed by atoms with Gasteiger partial charge < -0.3 is 11.1 Å². The van der Waals surface area contributed by atoms with E-state index in [0.29, 0.717) is 22.5 Å². The summed E-state index contributed by atoms with van der Waals surface area (Å²) in [4.78, 5) is 16.5. The first-order valence-electron chi connectivity index (χ1n) is 9.10. The first kappa shape index (κ1) is 19.1. The Hall–Kier alpha value is -1.63. The van der Waals surface area contributed by atoms with E-state index in [-0.39, 0.29) is 12.1 Å². The van der Waals surface area contributed by atoms with Gasteiger partial charge in [-0.15, -0.1) is 11.3 Å². The standard InChI is InChI=1S/C19H25ClN4OS/c20-15-8-6-13(7-9-15)10-16(21)17-12-26-19(23-17)24-18(25)22-11-14-4-2-1-3-5-14/h6-9,12,14,16H,1-5,10-11,21H2,(H2,22,23,24,25). The van der Waals surface area contributed by atoms with Crippen LogP contribution in [-0.4, -0.2) is 17.6 Å². The third kappa shape index (κ3) is 5.69. The average molecular weight is 393 g/mol. The van der Waals surface area contributed by atoms with E-state index in [0.717, 1.165) is 17.8 Å². The van der Waals surface area contributed by atoms with Crippen LogP contribution < -0.4 is 16.4 Å². The van der Waals surface area contributed by atoms with E-state index in [9.17, 15) is 4.79 Å². The van der Waals surface area contributed by atoms with Crippen LogP contribution in [0.3, 0.4) is 0 Å². The van der Waals surface area contributed by atoms with E-state index in [2.05, 4.69) is 15.6 Å². The van der Waals surface area contributed by atoms with E-state index in [1.807, 2.05) is 29.6 Å². The molecule has 3 rings (SSSR count). The zero-order valence-electron chi connectivity index (χ0n) is 14.7. The summed E-state index contributed by atoms with van der Waals surface area (Å²) in [5.74, 6) is 0.606. The molecule has 1 saturated carbocycles. The molecule has 140 valence electrons. The fraction of sp³-hybridized carbons (Fsp3) is 0.474. The minimum absolute atomic E-state index is 0.192. The Bertz CT molecular complexity index is 713. The second kappa shape index (κ2) is 9.35. The highest BCUT2D eigenvalue weighted by atomic mass is 35.5. The van der Waals surface area contributed by atoms with E-state index < -0.39 is 0 Å². The number of amides is 2. The predicted molar refractivity (Wildman–Crippen MR) is 108 cm³/mol. The molecular formula is C19H25ClN4OS. The van der Waals surface area contributed by atoms with Crippen molar-refractivity contribution in [1.29, 1.82) is 0 Å². The van der Waals surface area contributed by atoms with Crippen molar-refractivity contribution in [3.8, 4) is 0 Å². The highest BCUT2D eigenvalue weighted by Gasteiger charge is 2.16. The Morgan fingerprint density at radius 2 is 2.00 bits per heavy atom. The van der Waals surface area contributed by atoms with Crippen molar-refractivity contribution in [2.45, 2.75) is 44.6 Å². The van der Waals surface area contributed by atoms with E-state index in [1.54, 1.807) is 0 Å². The summed E-state index contributed by atoms with van der Waals surface area (Å²) in [7, 11) is 0. The summed E-state index contributed by atoms with van der Waals surface area (Å²) in [5, 5.41) is 8.96. The number of halogens is 1. The number of carbonyl (C=O) groups is 1. The predicted octanol–water partition coefficient (Wildman–Crippen LogP) is 4.74. The lowest BCUT2D eigenvalue weighted by Crippen LogP contribution is -2.33. The van der Waals surface area contributed by atoms with Gasteiger partial charge in [0.05, 0.1) is 11.7 Å². The van der Waals surface area contributed by atoms with Crippen LogP contribution in [0.25, 0.3) is 0 Å². The topological polar surface area (TPSA) is 80.0 Å².